The average Bonchev–Trinajstić information content (AvgIpc) is 2.64. The first-order valence-corrected chi connectivity index (χ1v) is 14.2. The molecule has 2 saturated carbocycles. The Morgan fingerprint density at radius 1 is 1.12 bits per heavy atom. The smallest absolute Gasteiger partial charge is 0.217 e. The minimum Gasteiger partial charge on any atom is -0.475 e. The topological polar surface area (TPSA) is 18.5 Å². The van der Waals surface area contributed by atoms with Gasteiger partial charge in [0.2, 0.25) is 4.38 Å². The first-order valence-electron chi connectivity index (χ1n) is 10.8. The van der Waals surface area contributed by atoms with Crippen molar-refractivity contribution in [3.8, 4) is 0 Å². The molecule has 148 valence electrons. The average molecular weight is 413 g/mol. The van der Waals surface area contributed by atoms with Crippen LogP contribution in [0.5, 0.6) is 0 Å². The van der Waals surface area contributed by atoms with E-state index in [4.69, 9.17) is 21.4 Å². The molecule has 2 nitrogen and oxygen atoms in total. The summed E-state index contributed by atoms with van der Waals surface area (Å²) in [6.07, 6.45) is 11.8. The lowest BCUT2D eigenvalue weighted by atomic mass is 9.62. The summed E-state index contributed by atoms with van der Waals surface area (Å²) >= 11 is 9.35. The molecule has 0 aromatic carbocycles. The molecule has 0 aliphatic heterocycles. The minimum absolute atomic E-state index is 0.249. The molecule has 3 rings (SSSR count). The van der Waals surface area contributed by atoms with Crippen molar-refractivity contribution in [3.63, 3.8) is 0 Å². The number of rotatable bonds is 6. The molecule has 0 radical (unpaired) electrons. The van der Waals surface area contributed by atoms with Crippen molar-refractivity contribution in [1.29, 1.82) is 0 Å². The van der Waals surface area contributed by atoms with Gasteiger partial charge in [0.15, 0.2) is 8.32 Å². The molecule has 3 aliphatic rings. The third kappa shape index (κ3) is 4.42. The molecule has 26 heavy (non-hydrogen) atoms. The van der Waals surface area contributed by atoms with E-state index >= 15 is 0 Å². The summed E-state index contributed by atoms with van der Waals surface area (Å²) in [4.78, 5) is 0. The van der Waals surface area contributed by atoms with Crippen LogP contribution in [-0.2, 0) is 9.16 Å². The van der Waals surface area contributed by atoms with Crippen molar-refractivity contribution in [2.75, 3.05) is 0 Å². The fourth-order valence-corrected chi connectivity index (χ4v) is 9.03. The summed E-state index contributed by atoms with van der Waals surface area (Å²) in [6, 6.07) is 3.74. The van der Waals surface area contributed by atoms with Gasteiger partial charge in [0.1, 0.15) is 6.10 Å². The molecule has 0 spiro atoms. The minimum atomic E-state index is -1.57. The fraction of sp³-hybridized carbons (Fsp3) is 0.857. The van der Waals surface area contributed by atoms with Gasteiger partial charge in [0.05, 0.1) is 6.10 Å². The second-order valence-electron chi connectivity index (χ2n) is 8.56. The maximum absolute atomic E-state index is 7.08. The summed E-state index contributed by atoms with van der Waals surface area (Å²) in [6.45, 7) is 7.04. The number of ether oxygens (including phenoxy) is 1. The SMILES string of the molecule is CC[Si](CC)(CC)O[C@H]1CC[C@H]2CC[C@H](OC(=S)S)C[C@H]3CCC=C2[C@@H]31. The van der Waals surface area contributed by atoms with E-state index in [0.717, 1.165) is 18.8 Å². The predicted molar refractivity (Wildman–Crippen MR) is 119 cm³/mol. The number of thiocarbonyl (C=S) groups is 1. The zero-order chi connectivity index (χ0) is 18.7. The summed E-state index contributed by atoms with van der Waals surface area (Å²) in [7, 11) is -1.57. The highest BCUT2D eigenvalue weighted by Gasteiger charge is 2.46. The lowest BCUT2D eigenvalue weighted by molar-refractivity contribution is 0.0220. The molecule has 4 bridgehead atoms. The zero-order valence-electron chi connectivity index (χ0n) is 16.7. The molecule has 0 aromatic heterocycles. The van der Waals surface area contributed by atoms with Crippen molar-refractivity contribution in [3.05, 3.63) is 11.6 Å². The van der Waals surface area contributed by atoms with Gasteiger partial charge < -0.3 is 9.16 Å². The van der Waals surface area contributed by atoms with Gasteiger partial charge in [0, 0.05) is 5.92 Å². The van der Waals surface area contributed by atoms with Crippen LogP contribution in [-0.4, -0.2) is 24.9 Å². The van der Waals surface area contributed by atoms with Crippen molar-refractivity contribution < 1.29 is 9.16 Å². The normalized spacial score (nSPS) is 34.5. The van der Waals surface area contributed by atoms with Crippen molar-refractivity contribution in [2.45, 2.75) is 96.1 Å². The lowest BCUT2D eigenvalue weighted by Gasteiger charge is -2.50. The van der Waals surface area contributed by atoms with E-state index in [1.54, 1.807) is 5.57 Å². The first-order chi connectivity index (χ1) is 12.5. The molecule has 5 heteroatoms. The molecule has 5 atom stereocenters. The van der Waals surface area contributed by atoms with E-state index in [1.807, 2.05) is 0 Å². The number of hydrogen-bond donors (Lipinski definition) is 1. The highest BCUT2D eigenvalue weighted by atomic mass is 32.1. The number of allylic oxidation sites excluding steroid dienone is 1. The van der Waals surface area contributed by atoms with E-state index in [0.29, 0.717) is 22.3 Å². The summed E-state index contributed by atoms with van der Waals surface area (Å²) in [5, 5.41) is 0. The Kier molecular flexibility index (Phi) is 7.31. The van der Waals surface area contributed by atoms with Gasteiger partial charge in [0.25, 0.3) is 0 Å². The molecule has 3 aliphatic carbocycles. The van der Waals surface area contributed by atoms with Crippen LogP contribution in [0.15, 0.2) is 11.6 Å². The highest BCUT2D eigenvalue weighted by Crippen LogP contribution is 2.50. The van der Waals surface area contributed by atoms with Gasteiger partial charge in [-0.3, -0.25) is 0 Å². The van der Waals surface area contributed by atoms with E-state index < -0.39 is 8.32 Å². The second kappa shape index (κ2) is 9.10. The summed E-state index contributed by atoms with van der Waals surface area (Å²) < 4.78 is 13.4. The molecular weight excluding hydrogens is 376 g/mol. The summed E-state index contributed by atoms with van der Waals surface area (Å²) in [5.74, 6) is 2.05. The maximum atomic E-state index is 7.08. The first kappa shape index (κ1) is 20.9. The van der Waals surface area contributed by atoms with Crippen LogP contribution in [0.25, 0.3) is 0 Å². The maximum Gasteiger partial charge on any atom is 0.217 e. The Balaban J connectivity index is 1.84. The van der Waals surface area contributed by atoms with Crippen molar-refractivity contribution >= 4 is 37.5 Å². The van der Waals surface area contributed by atoms with Crippen LogP contribution in [0.2, 0.25) is 18.1 Å². The Morgan fingerprint density at radius 3 is 2.46 bits per heavy atom. The molecular formula is C21H36O2S2Si. The zero-order valence-corrected chi connectivity index (χ0v) is 19.4. The second-order valence-corrected chi connectivity index (χ2v) is 14.4. The molecule has 2 fully saturated rings. The lowest BCUT2D eigenvalue weighted by Crippen LogP contribution is -2.49. The van der Waals surface area contributed by atoms with Crippen molar-refractivity contribution in [2.24, 2.45) is 17.8 Å². The molecule has 0 amide bonds. The third-order valence-electron chi connectivity index (χ3n) is 7.49. The quantitative estimate of drug-likeness (QED) is 0.232. The van der Waals surface area contributed by atoms with Crippen LogP contribution < -0.4 is 0 Å². The summed E-state index contributed by atoms with van der Waals surface area (Å²) in [5.41, 5.74) is 1.75. The number of thiol groups is 1. The van der Waals surface area contributed by atoms with E-state index in [1.165, 1.54) is 50.2 Å². The standard InChI is InChI=1S/C21H36O2S2Si/c1-4-26(5-2,6-3)23-19-13-11-15-10-12-17(22-21(24)25)14-16-8-7-9-18(15)20(16)19/h9,15-17,19-20H,4-8,10-14H2,1-3H3,(H,24,25)/t15-,16-,17+,19+,20-/m1/s1. The predicted octanol–water partition coefficient (Wildman–Crippen LogP) is 6.52. The van der Waals surface area contributed by atoms with Crippen LogP contribution in [0.4, 0.5) is 0 Å². The Hall–Kier alpha value is 0.157. The Bertz CT molecular complexity index is 524. The van der Waals surface area contributed by atoms with Crippen LogP contribution in [0, 0.1) is 17.8 Å². The van der Waals surface area contributed by atoms with Crippen LogP contribution in [0.3, 0.4) is 0 Å². The van der Waals surface area contributed by atoms with Gasteiger partial charge in [-0.05, 0) is 87.1 Å². The van der Waals surface area contributed by atoms with Gasteiger partial charge in [-0.1, -0.05) is 45.0 Å². The van der Waals surface area contributed by atoms with Crippen LogP contribution >= 0.6 is 24.8 Å². The van der Waals surface area contributed by atoms with Gasteiger partial charge in [-0.2, -0.15) is 0 Å². The largest absolute Gasteiger partial charge is 0.475 e. The Labute approximate surface area is 172 Å². The number of hydrogen-bond acceptors (Lipinski definition) is 3. The van der Waals surface area contributed by atoms with E-state index in [2.05, 4.69) is 39.5 Å². The molecule has 0 saturated heterocycles. The van der Waals surface area contributed by atoms with E-state index in [-0.39, 0.29) is 6.10 Å². The van der Waals surface area contributed by atoms with Crippen LogP contribution in [0.1, 0.15) is 65.7 Å². The Morgan fingerprint density at radius 2 is 1.81 bits per heavy atom. The van der Waals surface area contributed by atoms with E-state index in [9.17, 15) is 0 Å². The third-order valence-corrected chi connectivity index (χ3v) is 12.4. The molecule has 0 N–H and O–H groups in total. The molecule has 0 unspecified atom stereocenters. The monoisotopic (exact) mass is 412 g/mol. The molecule has 0 aromatic rings. The van der Waals surface area contributed by atoms with Gasteiger partial charge in [-0.15, -0.1) is 0 Å². The van der Waals surface area contributed by atoms with Crippen molar-refractivity contribution in [1.82, 2.24) is 0 Å². The van der Waals surface area contributed by atoms with Gasteiger partial charge in [-0.25, -0.2) is 0 Å². The highest BCUT2D eigenvalue weighted by molar-refractivity contribution is 8.10. The molecule has 0 heterocycles. The fourth-order valence-electron chi connectivity index (χ4n) is 5.84. The van der Waals surface area contributed by atoms with Gasteiger partial charge >= 0.3 is 0 Å².